The van der Waals surface area contributed by atoms with Gasteiger partial charge in [-0.2, -0.15) is 0 Å². The number of aromatic amines is 1. The molecule has 0 aliphatic rings. The zero-order chi connectivity index (χ0) is 25.1. The predicted octanol–water partition coefficient (Wildman–Crippen LogP) is 4.45. The number of H-pyrrole nitrogens is 1. The first kappa shape index (κ1) is 23.4. The fraction of sp³-hybridized carbons (Fsp3) is 0.172. The van der Waals surface area contributed by atoms with E-state index < -0.39 is 10.9 Å². The van der Waals surface area contributed by atoms with Gasteiger partial charge in [0.05, 0.1) is 20.3 Å². The van der Waals surface area contributed by atoms with Crippen LogP contribution in [-0.2, 0) is 6.42 Å². The van der Waals surface area contributed by atoms with Gasteiger partial charge in [0.1, 0.15) is 11.4 Å². The lowest BCUT2D eigenvalue weighted by molar-refractivity contribution is 0.408. The SMILES string of the molecule is COc1ccc(C(NCCc2c[nH]c3ccccc23)c2cccc(Nc3c(OC)c(=O)c3=O)c2)cc1. The molecule has 5 aromatic rings. The number of anilines is 2. The number of hydrogen-bond acceptors (Lipinski definition) is 6. The summed E-state index contributed by atoms with van der Waals surface area (Å²) in [7, 11) is 3.03. The van der Waals surface area contributed by atoms with Gasteiger partial charge < -0.3 is 25.1 Å². The largest absolute Gasteiger partial charge is 0.497 e. The van der Waals surface area contributed by atoms with Crippen molar-refractivity contribution in [2.75, 3.05) is 26.1 Å². The molecule has 1 unspecified atom stereocenters. The normalized spacial score (nSPS) is 12.1. The second-order valence-electron chi connectivity index (χ2n) is 8.59. The molecular formula is C29H27N3O4. The summed E-state index contributed by atoms with van der Waals surface area (Å²) in [5, 5.41) is 7.98. The maximum atomic E-state index is 12.0. The number of nitrogens with one attached hydrogen (secondary N) is 3. The van der Waals surface area contributed by atoms with Gasteiger partial charge in [0.2, 0.25) is 0 Å². The van der Waals surface area contributed by atoms with Crippen molar-refractivity contribution in [3.63, 3.8) is 0 Å². The van der Waals surface area contributed by atoms with Crippen LogP contribution in [0.15, 0.2) is 88.6 Å². The van der Waals surface area contributed by atoms with Gasteiger partial charge in [0.15, 0.2) is 5.75 Å². The van der Waals surface area contributed by atoms with E-state index in [1.54, 1.807) is 7.11 Å². The molecule has 0 fully saturated rings. The Balaban J connectivity index is 1.40. The van der Waals surface area contributed by atoms with Crippen LogP contribution in [0.2, 0.25) is 0 Å². The van der Waals surface area contributed by atoms with E-state index in [2.05, 4.69) is 40.0 Å². The maximum absolute atomic E-state index is 12.0. The standard InChI is InChI=1S/C29H27N3O4/c1-35-22-12-10-18(11-13-22)25(30-15-14-20-17-31-24-9-4-3-8-23(20)24)19-6-5-7-21(16-19)32-26-27(33)28(34)29(26)36-2/h3-13,16-17,25,30-32H,14-15H2,1-2H3. The lowest BCUT2D eigenvalue weighted by Crippen LogP contribution is -2.34. The summed E-state index contributed by atoms with van der Waals surface area (Å²) < 4.78 is 10.4. The van der Waals surface area contributed by atoms with Crippen LogP contribution < -0.4 is 31.0 Å². The molecular weight excluding hydrogens is 454 g/mol. The van der Waals surface area contributed by atoms with Gasteiger partial charge in [0, 0.05) is 29.3 Å². The van der Waals surface area contributed by atoms with Crippen LogP contribution in [0.5, 0.6) is 11.5 Å². The summed E-state index contributed by atoms with van der Waals surface area (Å²) in [5.74, 6) is 0.855. The molecule has 0 spiro atoms. The number of fused-ring (bicyclic) bond motifs is 1. The van der Waals surface area contributed by atoms with Crippen LogP contribution in [0.25, 0.3) is 10.9 Å². The van der Waals surface area contributed by atoms with Gasteiger partial charge in [-0.1, -0.05) is 42.5 Å². The molecule has 0 bridgehead atoms. The summed E-state index contributed by atoms with van der Waals surface area (Å²) in [5.41, 5.74) is 4.20. The molecule has 1 heterocycles. The van der Waals surface area contributed by atoms with Gasteiger partial charge in [-0.15, -0.1) is 0 Å². The highest BCUT2D eigenvalue weighted by Gasteiger charge is 2.22. The summed E-state index contributed by atoms with van der Waals surface area (Å²) in [6.07, 6.45) is 2.92. The molecule has 1 aromatic heterocycles. The highest BCUT2D eigenvalue weighted by molar-refractivity contribution is 5.83. The lowest BCUT2D eigenvalue weighted by atomic mass is 9.97. The molecule has 4 aromatic carbocycles. The number of methoxy groups -OCH3 is 2. The fourth-order valence-electron chi connectivity index (χ4n) is 4.53. The molecule has 5 rings (SSSR count). The van der Waals surface area contributed by atoms with Gasteiger partial charge >= 0.3 is 0 Å². The summed E-state index contributed by atoms with van der Waals surface area (Å²) in [6.45, 7) is 0.752. The molecule has 0 aliphatic heterocycles. The zero-order valence-corrected chi connectivity index (χ0v) is 20.1. The van der Waals surface area contributed by atoms with Gasteiger partial charge in [-0.3, -0.25) is 9.59 Å². The minimum absolute atomic E-state index is 0.0639. The summed E-state index contributed by atoms with van der Waals surface area (Å²) >= 11 is 0. The van der Waals surface area contributed by atoms with Crippen molar-refractivity contribution in [1.29, 1.82) is 0 Å². The van der Waals surface area contributed by atoms with Crippen molar-refractivity contribution < 1.29 is 9.47 Å². The summed E-state index contributed by atoms with van der Waals surface area (Å²) in [4.78, 5) is 27.1. The second kappa shape index (κ2) is 10.1. The highest BCUT2D eigenvalue weighted by Crippen LogP contribution is 2.29. The topological polar surface area (TPSA) is 92.4 Å². The highest BCUT2D eigenvalue weighted by atomic mass is 16.5. The monoisotopic (exact) mass is 481 g/mol. The van der Waals surface area contributed by atoms with E-state index in [9.17, 15) is 9.59 Å². The van der Waals surface area contributed by atoms with Crippen LogP contribution in [0.3, 0.4) is 0 Å². The Kier molecular flexibility index (Phi) is 6.56. The Morgan fingerprint density at radius 3 is 2.44 bits per heavy atom. The van der Waals surface area contributed by atoms with Crippen LogP contribution in [0.4, 0.5) is 11.4 Å². The van der Waals surface area contributed by atoms with Crippen LogP contribution in [0.1, 0.15) is 22.7 Å². The van der Waals surface area contributed by atoms with E-state index in [1.165, 1.54) is 18.1 Å². The molecule has 0 amide bonds. The Morgan fingerprint density at radius 1 is 0.861 bits per heavy atom. The smallest absolute Gasteiger partial charge is 0.272 e. The molecule has 0 aliphatic carbocycles. The molecule has 7 heteroatoms. The maximum Gasteiger partial charge on any atom is 0.272 e. The van der Waals surface area contributed by atoms with E-state index in [0.29, 0.717) is 5.69 Å². The summed E-state index contributed by atoms with van der Waals surface area (Å²) in [6, 6.07) is 24.0. The molecule has 0 saturated heterocycles. The van der Waals surface area contributed by atoms with E-state index in [-0.39, 0.29) is 17.5 Å². The third-order valence-corrected chi connectivity index (χ3v) is 6.43. The van der Waals surface area contributed by atoms with Crippen LogP contribution in [-0.4, -0.2) is 25.7 Å². The van der Waals surface area contributed by atoms with Crippen molar-refractivity contribution in [3.05, 3.63) is 116 Å². The van der Waals surface area contributed by atoms with Crippen molar-refractivity contribution in [1.82, 2.24) is 10.3 Å². The number of benzene rings is 3. The Labute approximate surface area is 208 Å². The Bertz CT molecular complexity index is 1560. The number of para-hydroxylation sites is 1. The number of aromatic nitrogens is 1. The average molecular weight is 482 g/mol. The van der Waals surface area contributed by atoms with Crippen molar-refractivity contribution in [2.45, 2.75) is 12.5 Å². The minimum atomic E-state index is -0.605. The quantitative estimate of drug-likeness (QED) is 0.255. The predicted molar refractivity (Wildman–Crippen MR) is 142 cm³/mol. The van der Waals surface area contributed by atoms with Crippen LogP contribution >= 0.6 is 0 Å². The molecule has 182 valence electrons. The van der Waals surface area contributed by atoms with Gasteiger partial charge in [-0.25, -0.2) is 0 Å². The lowest BCUT2D eigenvalue weighted by Gasteiger charge is -2.21. The van der Waals surface area contributed by atoms with Crippen molar-refractivity contribution >= 4 is 22.3 Å². The van der Waals surface area contributed by atoms with Crippen LogP contribution in [0, 0.1) is 0 Å². The van der Waals surface area contributed by atoms with Gasteiger partial charge in [-0.05, 0) is 53.4 Å². The third-order valence-electron chi connectivity index (χ3n) is 6.43. The Hall–Kier alpha value is -4.36. The Morgan fingerprint density at radius 2 is 1.67 bits per heavy atom. The van der Waals surface area contributed by atoms with E-state index >= 15 is 0 Å². The number of hydrogen-bond donors (Lipinski definition) is 3. The molecule has 3 N–H and O–H groups in total. The third kappa shape index (κ3) is 4.48. The number of rotatable bonds is 10. The van der Waals surface area contributed by atoms with E-state index in [4.69, 9.17) is 9.47 Å². The molecule has 0 radical (unpaired) electrons. The molecule has 1 atom stereocenters. The van der Waals surface area contributed by atoms with Crippen molar-refractivity contribution in [3.8, 4) is 11.5 Å². The molecule has 36 heavy (non-hydrogen) atoms. The first-order valence-electron chi connectivity index (χ1n) is 11.8. The van der Waals surface area contributed by atoms with E-state index in [0.717, 1.165) is 35.4 Å². The fourth-order valence-corrected chi connectivity index (χ4v) is 4.53. The van der Waals surface area contributed by atoms with Crippen molar-refractivity contribution in [2.24, 2.45) is 0 Å². The minimum Gasteiger partial charge on any atom is -0.497 e. The molecule has 7 nitrogen and oxygen atoms in total. The zero-order valence-electron chi connectivity index (χ0n) is 20.1. The van der Waals surface area contributed by atoms with Gasteiger partial charge in [0.25, 0.3) is 10.9 Å². The number of ether oxygens (including phenoxy) is 2. The first-order valence-corrected chi connectivity index (χ1v) is 11.8. The molecule has 0 saturated carbocycles. The first-order chi connectivity index (χ1) is 17.6. The van der Waals surface area contributed by atoms with E-state index in [1.807, 2.05) is 54.6 Å². The second-order valence-corrected chi connectivity index (χ2v) is 8.59. The average Bonchev–Trinajstić information content (AvgIpc) is 3.34.